The molecule has 0 fully saturated rings. The maximum atomic E-state index is 13.8. The molecule has 0 unspecified atom stereocenters. The van der Waals surface area contributed by atoms with E-state index in [-0.39, 0.29) is 5.82 Å². The summed E-state index contributed by atoms with van der Waals surface area (Å²) < 4.78 is 13.8. The van der Waals surface area contributed by atoms with Gasteiger partial charge in [-0.05, 0) is 31.2 Å². The van der Waals surface area contributed by atoms with Crippen LogP contribution in [0.5, 0.6) is 0 Å². The van der Waals surface area contributed by atoms with E-state index in [0.29, 0.717) is 22.9 Å². The first kappa shape index (κ1) is 12.7. The van der Waals surface area contributed by atoms with Gasteiger partial charge in [0.2, 0.25) is 0 Å². The van der Waals surface area contributed by atoms with Crippen LogP contribution in [0.2, 0.25) is 5.02 Å². The highest BCUT2D eigenvalue weighted by molar-refractivity contribution is 6.33. The van der Waals surface area contributed by atoms with Crippen molar-refractivity contribution in [2.75, 3.05) is 17.2 Å². The van der Waals surface area contributed by atoms with Crippen molar-refractivity contribution in [3.05, 3.63) is 53.3 Å². The van der Waals surface area contributed by atoms with Gasteiger partial charge in [0, 0.05) is 6.54 Å². The number of anilines is 3. The van der Waals surface area contributed by atoms with E-state index in [1.807, 2.05) is 13.0 Å². The third-order valence-corrected chi connectivity index (χ3v) is 3.11. The van der Waals surface area contributed by atoms with Gasteiger partial charge < -0.3 is 10.6 Å². The molecule has 2 aromatic carbocycles. The molecule has 4 heteroatoms. The molecule has 2 N–H and O–H groups in total. The molecule has 0 spiro atoms. The number of hydrogen-bond acceptors (Lipinski definition) is 2. The molecule has 0 aliphatic carbocycles. The van der Waals surface area contributed by atoms with Crippen LogP contribution in [-0.2, 0) is 0 Å². The van der Waals surface area contributed by atoms with Crippen LogP contribution in [0.4, 0.5) is 21.5 Å². The summed E-state index contributed by atoms with van der Waals surface area (Å²) in [5, 5.41) is 0.474. The van der Waals surface area contributed by atoms with Gasteiger partial charge in [-0.15, -0.1) is 0 Å². The monoisotopic (exact) mass is 264 g/mol. The van der Waals surface area contributed by atoms with Gasteiger partial charge in [-0.25, -0.2) is 4.39 Å². The molecule has 2 rings (SSSR count). The van der Waals surface area contributed by atoms with Crippen molar-refractivity contribution in [3.8, 4) is 0 Å². The standard InChI is InChI=1S/C14H14ClFN2/c1-2-18(12-8-4-3-7-11(12)16)13-9-5-6-10(15)14(13)17/h3-9H,2,17H2,1H3. The SMILES string of the molecule is CCN(c1ccccc1F)c1cccc(Cl)c1N. The lowest BCUT2D eigenvalue weighted by Crippen LogP contribution is -2.18. The number of hydrogen-bond donors (Lipinski definition) is 1. The van der Waals surface area contributed by atoms with E-state index in [9.17, 15) is 4.39 Å². The molecule has 94 valence electrons. The number of rotatable bonds is 3. The van der Waals surface area contributed by atoms with Crippen LogP contribution in [0.1, 0.15) is 6.92 Å². The van der Waals surface area contributed by atoms with E-state index in [1.54, 1.807) is 35.2 Å². The maximum Gasteiger partial charge on any atom is 0.146 e. The van der Waals surface area contributed by atoms with E-state index < -0.39 is 0 Å². The zero-order valence-corrected chi connectivity index (χ0v) is 10.8. The molecular weight excluding hydrogens is 251 g/mol. The minimum atomic E-state index is -0.279. The van der Waals surface area contributed by atoms with Crippen molar-refractivity contribution >= 4 is 28.7 Å². The van der Waals surface area contributed by atoms with Crippen LogP contribution >= 0.6 is 11.6 Å². The zero-order chi connectivity index (χ0) is 13.1. The van der Waals surface area contributed by atoms with Gasteiger partial charge in [-0.3, -0.25) is 0 Å². The minimum absolute atomic E-state index is 0.279. The second kappa shape index (κ2) is 5.27. The molecule has 2 nitrogen and oxygen atoms in total. The van der Waals surface area contributed by atoms with E-state index >= 15 is 0 Å². The van der Waals surface area contributed by atoms with Crippen LogP contribution in [-0.4, -0.2) is 6.54 Å². The Hall–Kier alpha value is -1.74. The second-order valence-corrected chi connectivity index (χ2v) is 4.28. The number of nitrogen functional groups attached to an aromatic ring is 1. The Labute approximate surface area is 111 Å². The topological polar surface area (TPSA) is 29.3 Å². The van der Waals surface area contributed by atoms with E-state index in [0.717, 1.165) is 5.69 Å². The van der Waals surface area contributed by atoms with E-state index in [4.69, 9.17) is 17.3 Å². The Bertz CT molecular complexity index is 557. The highest BCUT2D eigenvalue weighted by Crippen LogP contribution is 2.35. The van der Waals surface area contributed by atoms with Gasteiger partial charge >= 0.3 is 0 Å². The fraction of sp³-hybridized carbons (Fsp3) is 0.143. The lowest BCUT2D eigenvalue weighted by atomic mass is 10.2. The molecule has 18 heavy (non-hydrogen) atoms. The van der Waals surface area contributed by atoms with Crippen molar-refractivity contribution in [3.63, 3.8) is 0 Å². The average molecular weight is 265 g/mol. The predicted octanol–water partition coefficient (Wildman–Crippen LogP) is 4.22. The predicted molar refractivity (Wildman–Crippen MR) is 74.9 cm³/mol. The Kier molecular flexibility index (Phi) is 3.72. The summed E-state index contributed by atoms with van der Waals surface area (Å²) in [4.78, 5) is 1.80. The first-order valence-corrected chi connectivity index (χ1v) is 6.09. The molecule has 0 saturated heterocycles. The van der Waals surface area contributed by atoms with Crippen LogP contribution in [0.3, 0.4) is 0 Å². The van der Waals surface area contributed by atoms with Crippen molar-refractivity contribution in [1.82, 2.24) is 0 Å². The number of nitrogens with two attached hydrogens (primary N) is 1. The quantitative estimate of drug-likeness (QED) is 0.841. The fourth-order valence-corrected chi connectivity index (χ4v) is 2.07. The molecular formula is C14H14ClFN2. The molecule has 0 aromatic heterocycles. The smallest absolute Gasteiger partial charge is 0.146 e. The van der Waals surface area contributed by atoms with Gasteiger partial charge in [-0.1, -0.05) is 29.8 Å². The first-order chi connectivity index (χ1) is 8.65. The Morgan fingerprint density at radius 2 is 1.78 bits per heavy atom. The molecule has 2 aromatic rings. The van der Waals surface area contributed by atoms with Crippen LogP contribution in [0.15, 0.2) is 42.5 Å². The van der Waals surface area contributed by atoms with Gasteiger partial charge in [0.15, 0.2) is 0 Å². The van der Waals surface area contributed by atoms with Gasteiger partial charge in [0.25, 0.3) is 0 Å². The average Bonchev–Trinajstić information content (AvgIpc) is 2.37. The van der Waals surface area contributed by atoms with Crippen molar-refractivity contribution < 1.29 is 4.39 Å². The molecule has 0 aliphatic rings. The number of halogens is 2. The maximum absolute atomic E-state index is 13.8. The molecule has 0 saturated carbocycles. The highest BCUT2D eigenvalue weighted by Gasteiger charge is 2.14. The third kappa shape index (κ3) is 2.27. The summed E-state index contributed by atoms with van der Waals surface area (Å²) in [5.74, 6) is -0.279. The van der Waals surface area contributed by atoms with E-state index in [2.05, 4.69) is 0 Å². The largest absolute Gasteiger partial charge is 0.396 e. The second-order valence-electron chi connectivity index (χ2n) is 3.87. The Morgan fingerprint density at radius 1 is 1.11 bits per heavy atom. The summed E-state index contributed by atoms with van der Waals surface area (Å²) in [6, 6.07) is 12.0. The molecule has 0 bridgehead atoms. The number of benzene rings is 2. The lowest BCUT2D eigenvalue weighted by molar-refractivity contribution is 0.626. The summed E-state index contributed by atoms with van der Waals surface area (Å²) in [7, 11) is 0. The van der Waals surface area contributed by atoms with Gasteiger partial charge in [0.1, 0.15) is 5.82 Å². The molecule has 0 amide bonds. The van der Waals surface area contributed by atoms with Gasteiger partial charge in [0.05, 0.1) is 22.1 Å². The molecule has 0 radical (unpaired) electrons. The summed E-state index contributed by atoms with van der Waals surface area (Å²) in [5.41, 5.74) is 7.62. The summed E-state index contributed by atoms with van der Waals surface area (Å²) >= 11 is 6.00. The lowest BCUT2D eigenvalue weighted by Gasteiger charge is -2.25. The van der Waals surface area contributed by atoms with Crippen molar-refractivity contribution in [2.24, 2.45) is 0 Å². The van der Waals surface area contributed by atoms with Crippen molar-refractivity contribution in [1.29, 1.82) is 0 Å². The Balaban J connectivity index is 2.53. The summed E-state index contributed by atoms with van der Waals surface area (Å²) in [6.07, 6.45) is 0. The summed E-state index contributed by atoms with van der Waals surface area (Å²) in [6.45, 7) is 2.54. The van der Waals surface area contributed by atoms with Crippen molar-refractivity contribution in [2.45, 2.75) is 6.92 Å². The Morgan fingerprint density at radius 3 is 2.44 bits per heavy atom. The van der Waals surface area contributed by atoms with Crippen LogP contribution in [0.25, 0.3) is 0 Å². The van der Waals surface area contributed by atoms with E-state index in [1.165, 1.54) is 6.07 Å². The fourth-order valence-electron chi connectivity index (χ4n) is 1.90. The van der Waals surface area contributed by atoms with Crippen LogP contribution in [0, 0.1) is 5.82 Å². The minimum Gasteiger partial charge on any atom is -0.396 e. The molecule has 0 atom stereocenters. The number of para-hydroxylation sites is 2. The first-order valence-electron chi connectivity index (χ1n) is 5.71. The highest BCUT2D eigenvalue weighted by atomic mass is 35.5. The normalized spacial score (nSPS) is 10.4. The van der Waals surface area contributed by atoms with Gasteiger partial charge in [-0.2, -0.15) is 0 Å². The zero-order valence-electron chi connectivity index (χ0n) is 10.0. The van der Waals surface area contributed by atoms with Crippen LogP contribution < -0.4 is 10.6 Å². The molecule has 0 aliphatic heterocycles. The molecule has 0 heterocycles. The number of nitrogens with zero attached hydrogens (tertiary/aromatic N) is 1. The third-order valence-electron chi connectivity index (χ3n) is 2.78.